The van der Waals surface area contributed by atoms with Gasteiger partial charge in [-0.15, -0.1) is 0 Å². The third-order valence-electron chi connectivity index (χ3n) is 3.07. The van der Waals surface area contributed by atoms with E-state index in [1.165, 1.54) is 12.1 Å². The van der Waals surface area contributed by atoms with Gasteiger partial charge in [0.25, 0.3) is 0 Å². The number of hydrogen-bond donors (Lipinski definition) is 3. The number of carboxylic acids is 1. The first-order valence-electron chi connectivity index (χ1n) is 6.30. The molecule has 0 aliphatic rings. The van der Waals surface area contributed by atoms with E-state index in [0.717, 1.165) is 5.39 Å². The monoisotopic (exact) mass is 315 g/mol. The van der Waals surface area contributed by atoms with Gasteiger partial charge in [-0.1, -0.05) is 12.1 Å². The Morgan fingerprint density at radius 2 is 1.91 bits per heavy atom. The lowest BCUT2D eigenvalue weighted by molar-refractivity contribution is 0.0694. The number of nitrogens with one attached hydrogen (secondary N) is 1. The van der Waals surface area contributed by atoms with Crippen molar-refractivity contribution in [3.05, 3.63) is 53.3 Å². The lowest BCUT2D eigenvalue weighted by Gasteiger charge is -2.10. The van der Waals surface area contributed by atoms with Gasteiger partial charge in [-0.25, -0.2) is 9.78 Å². The Labute approximate surface area is 130 Å². The van der Waals surface area contributed by atoms with Crippen LogP contribution in [0.25, 0.3) is 10.9 Å². The van der Waals surface area contributed by atoms with Crippen molar-refractivity contribution in [2.24, 2.45) is 0 Å². The summed E-state index contributed by atoms with van der Waals surface area (Å²) >= 11 is 5.90. The number of anilines is 2. The van der Waals surface area contributed by atoms with Crippen molar-refractivity contribution < 1.29 is 15.0 Å². The SMILES string of the molecule is O=C(O)c1cc(Nc2nc(Cl)nc3ccccc23)ccc1O. The zero-order chi connectivity index (χ0) is 15.7. The summed E-state index contributed by atoms with van der Waals surface area (Å²) in [6.45, 7) is 0. The summed E-state index contributed by atoms with van der Waals surface area (Å²) in [7, 11) is 0. The largest absolute Gasteiger partial charge is 0.507 e. The summed E-state index contributed by atoms with van der Waals surface area (Å²) in [5.41, 5.74) is 0.937. The van der Waals surface area contributed by atoms with Crippen LogP contribution in [0.15, 0.2) is 42.5 Å². The van der Waals surface area contributed by atoms with Crippen LogP contribution in [0.1, 0.15) is 10.4 Å². The van der Waals surface area contributed by atoms with E-state index in [9.17, 15) is 9.90 Å². The third-order valence-corrected chi connectivity index (χ3v) is 3.23. The van der Waals surface area contributed by atoms with Crippen LogP contribution in [-0.4, -0.2) is 26.2 Å². The van der Waals surface area contributed by atoms with Gasteiger partial charge in [0.1, 0.15) is 17.1 Å². The Morgan fingerprint density at radius 1 is 1.14 bits per heavy atom. The van der Waals surface area contributed by atoms with Crippen LogP contribution in [0.4, 0.5) is 11.5 Å². The minimum Gasteiger partial charge on any atom is -0.507 e. The predicted octanol–water partition coefficient (Wildman–Crippen LogP) is 3.43. The fourth-order valence-corrected chi connectivity index (χ4v) is 2.24. The molecule has 0 atom stereocenters. The minimum absolute atomic E-state index is 0.0819. The summed E-state index contributed by atoms with van der Waals surface area (Å²) in [5.74, 6) is -1.06. The predicted molar refractivity (Wildman–Crippen MR) is 82.9 cm³/mol. The molecule has 3 rings (SSSR count). The van der Waals surface area contributed by atoms with Crippen molar-refractivity contribution in [3.63, 3.8) is 0 Å². The number of halogens is 1. The number of fused-ring (bicyclic) bond motifs is 1. The van der Waals surface area contributed by atoms with Crippen LogP contribution in [-0.2, 0) is 0 Å². The molecule has 110 valence electrons. The molecule has 3 aromatic rings. The third kappa shape index (κ3) is 2.64. The Bertz CT molecular complexity index is 883. The summed E-state index contributed by atoms with van der Waals surface area (Å²) < 4.78 is 0. The van der Waals surface area contributed by atoms with Gasteiger partial charge >= 0.3 is 5.97 Å². The molecule has 3 N–H and O–H groups in total. The molecule has 1 heterocycles. The van der Waals surface area contributed by atoms with Gasteiger partial charge in [0.15, 0.2) is 0 Å². The molecule has 0 spiro atoms. The number of aromatic nitrogens is 2. The number of rotatable bonds is 3. The van der Waals surface area contributed by atoms with Crippen LogP contribution in [0.2, 0.25) is 5.28 Å². The Balaban J connectivity index is 2.07. The second-order valence-corrected chi connectivity index (χ2v) is 4.86. The van der Waals surface area contributed by atoms with Gasteiger partial charge in [0, 0.05) is 11.1 Å². The quantitative estimate of drug-likeness (QED) is 0.506. The number of aromatic carboxylic acids is 1. The summed E-state index contributed by atoms with van der Waals surface area (Å²) in [4.78, 5) is 19.3. The van der Waals surface area contributed by atoms with Crippen molar-refractivity contribution in [1.29, 1.82) is 0 Å². The molecule has 0 amide bonds. The maximum Gasteiger partial charge on any atom is 0.339 e. The fourth-order valence-electron chi connectivity index (χ4n) is 2.07. The molecule has 1 aromatic heterocycles. The molecule has 0 bridgehead atoms. The topological polar surface area (TPSA) is 95.3 Å². The lowest BCUT2D eigenvalue weighted by Crippen LogP contribution is -2.01. The van der Waals surface area contributed by atoms with E-state index in [-0.39, 0.29) is 16.6 Å². The Morgan fingerprint density at radius 3 is 2.68 bits per heavy atom. The highest BCUT2D eigenvalue weighted by Crippen LogP contribution is 2.27. The van der Waals surface area contributed by atoms with Crippen LogP contribution in [0.3, 0.4) is 0 Å². The number of aromatic hydroxyl groups is 1. The first kappa shape index (κ1) is 14.1. The summed E-state index contributed by atoms with van der Waals surface area (Å²) in [5, 5.41) is 22.4. The van der Waals surface area contributed by atoms with E-state index in [0.29, 0.717) is 17.0 Å². The second kappa shape index (κ2) is 5.50. The van der Waals surface area contributed by atoms with Crippen molar-refractivity contribution in [2.45, 2.75) is 0 Å². The molecule has 0 radical (unpaired) electrons. The fraction of sp³-hybridized carbons (Fsp3) is 0. The molecular formula is C15H10ClN3O3. The van der Waals surface area contributed by atoms with Crippen molar-refractivity contribution in [2.75, 3.05) is 5.32 Å². The Kier molecular flexibility index (Phi) is 3.52. The zero-order valence-corrected chi connectivity index (χ0v) is 11.9. The van der Waals surface area contributed by atoms with Gasteiger partial charge in [-0.2, -0.15) is 4.98 Å². The molecule has 6 nitrogen and oxygen atoms in total. The first-order valence-corrected chi connectivity index (χ1v) is 6.68. The second-order valence-electron chi connectivity index (χ2n) is 4.52. The van der Waals surface area contributed by atoms with Crippen LogP contribution >= 0.6 is 11.6 Å². The van der Waals surface area contributed by atoms with Crippen LogP contribution < -0.4 is 5.32 Å². The molecule has 0 aliphatic carbocycles. The molecule has 0 unspecified atom stereocenters. The molecular weight excluding hydrogens is 306 g/mol. The van der Waals surface area contributed by atoms with Gasteiger partial charge in [-0.3, -0.25) is 0 Å². The van der Waals surface area contributed by atoms with E-state index in [1.54, 1.807) is 12.1 Å². The highest BCUT2D eigenvalue weighted by molar-refractivity contribution is 6.28. The first-order chi connectivity index (χ1) is 10.5. The van der Waals surface area contributed by atoms with Crippen molar-refractivity contribution in [1.82, 2.24) is 9.97 Å². The number of hydrogen-bond acceptors (Lipinski definition) is 5. The molecule has 0 aliphatic heterocycles. The number of carbonyl (C=O) groups is 1. The van der Waals surface area contributed by atoms with E-state index in [4.69, 9.17) is 16.7 Å². The molecule has 22 heavy (non-hydrogen) atoms. The van der Waals surface area contributed by atoms with Gasteiger partial charge in [-0.05, 0) is 41.9 Å². The van der Waals surface area contributed by atoms with Gasteiger partial charge in [0.05, 0.1) is 5.52 Å². The van der Waals surface area contributed by atoms with Crippen molar-refractivity contribution in [3.8, 4) is 5.75 Å². The summed E-state index contributed by atoms with van der Waals surface area (Å²) in [6, 6.07) is 11.5. The number of benzene rings is 2. The number of phenols is 1. The zero-order valence-electron chi connectivity index (χ0n) is 11.1. The number of carboxylic acid groups (broad SMARTS) is 1. The molecule has 2 aromatic carbocycles. The lowest BCUT2D eigenvalue weighted by atomic mass is 10.1. The molecule has 7 heteroatoms. The molecule has 0 saturated carbocycles. The summed E-state index contributed by atoms with van der Waals surface area (Å²) in [6.07, 6.45) is 0. The van der Waals surface area contributed by atoms with Gasteiger partial charge in [0.2, 0.25) is 5.28 Å². The Hall–Kier alpha value is -2.86. The highest BCUT2D eigenvalue weighted by atomic mass is 35.5. The van der Waals surface area contributed by atoms with E-state index < -0.39 is 5.97 Å². The minimum atomic E-state index is -1.22. The van der Waals surface area contributed by atoms with Crippen LogP contribution in [0, 0.1) is 0 Å². The van der Waals surface area contributed by atoms with E-state index in [2.05, 4.69) is 15.3 Å². The average molecular weight is 316 g/mol. The smallest absolute Gasteiger partial charge is 0.339 e. The standard InChI is InChI=1S/C15H10ClN3O3/c16-15-18-11-4-2-1-3-9(11)13(19-15)17-8-5-6-12(20)10(7-8)14(21)22/h1-7,20H,(H,21,22)(H,17,18,19). The maximum absolute atomic E-state index is 11.1. The van der Waals surface area contributed by atoms with E-state index in [1.807, 2.05) is 18.2 Å². The molecule has 0 fully saturated rings. The van der Waals surface area contributed by atoms with Gasteiger partial charge < -0.3 is 15.5 Å². The number of nitrogens with zero attached hydrogens (tertiary/aromatic N) is 2. The van der Waals surface area contributed by atoms with E-state index >= 15 is 0 Å². The van der Waals surface area contributed by atoms with Crippen LogP contribution in [0.5, 0.6) is 5.75 Å². The molecule has 0 saturated heterocycles. The maximum atomic E-state index is 11.1. The number of para-hydroxylation sites is 1. The van der Waals surface area contributed by atoms with Crippen molar-refractivity contribution >= 4 is 40.0 Å². The highest BCUT2D eigenvalue weighted by Gasteiger charge is 2.12. The normalized spacial score (nSPS) is 10.6. The average Bonchev–Trinajstić information content (AvgIpc) is 2.48.